The van der Waals surface area contributed by atoms with Gasteiger partial charge in [-0.3, -0.25) is 9.69 Å². The van der Waals surface area contributed by atoms with E-state index in [0.717, 1.165) is 6.54 Å². The lowest BCUT2D eigenvalue weighted by atomic mass is 10.3. The van der Waals surface area contributed by atoms with E-state index < -0.39 is 0 Å². The van der Waals surface area contributed by atoms with Crippen LogP contribution in [0.2, 0.25) is 0 Å². The molecule has 1 aromatic carbocycles. The zero-order valence-corrected chi connectivity index (χ0v) is 14.4. The number of rotatable bonds is 5. The van der Waals surface area contributed by atoms with Crippen molar-refractivity contribution in [3.63, 3.8) is 0 Å². The highest BCUT2D eigenvalue weighted by atomic mass is 32.1. The minimum atomic E-state index is -0.319. The van der Waals surface area contributed by atoms with E-state index in [1.807, 2.05) is 14.1 Å². The van der Waals surface area contributed by atoms with Gasteiger partial charge in [0.05, 0.1) is 37.4 Å². The van der Waals surface area contributed by atoms with Gasteiger partial charge in [-0.1, -0.05) is 11.3 Å². The number of halogens is 1. The van der Waals surface area contributed by atoms with Crippen LogP contribution in [0.15, 0.2) is 30.2 Å². The molecule has 2 aromatic rings. The third kappa shape index (κ3) is 3.65. The van der Waals surface area contributed by atoms with Gasteiger partial charge in [0.2, 0.25) is 5.76 Å². The quantitative estimate of drug-likeness (QED) is 0.865. The van der Waals surface area contributed by atoms with Crippen LogP contribution in [0, 0.1) is 5.82 Å². The molecular weight excluding hydrogens is 333 g/mol. The average molecular weight is 352 g/mol. The number of hydrogen-bond acceptors (Lipinski definition) is 5. The van der Waals surface area contributed by atoms with Crippen molar-refractivity contribution in [1.82, 2.24) is 4.98 Å². The normalized spacial score (nSPS) is 14.2. The first kappa shape index (κ1) is 16.7. The number of thiazole rings is 1. The summed E-state index contributed by atoms with van der Waals surface area (Å²) in [5.41, 5.74) is 0.668. The first-order valence-electron chi connectivity index (χ1n) is 7.66. The molecule has 0 radical (unpaired) electrons. The standard InChI is InChI=1S/C16H18FN3O3S/c1-19(2)5-6-20(15(21)13-10-22-7-8-23-13)16-18-12-4-3-11(17)9-14(12)24-16/h3-4,9-10H,5-8H2,1-2H3/p+1. The summed E-state index contributed by atoms with van der Waals surface area (Å²) in [4.78, 5) is 20.0. The van der Waals surface area contributed by atoms with E-state index in [1.54, 1.807) is 11.0 Å². The maximum atomic E-state index is 13.4. The Morgan fingerprint density at radius 3 is 2.96 bits per heavy atom. The number of ether oxygens (including phenoxy) is 2. The van der Waals surface area contributed by atoms with Crippen LogP contribution in [0.5, 0.6) is 0 Å². The molecule has 1 amide bonds. The van der Waals surface area contributed by atoms with Gasteiger partial charge in [0.25, 0.3) is 5.91 Å². The van der Waals surface area contributed by atoms with Crippen molar-refractivity contribution in [1.29, 1.82) is 0 Å². The number of quaternary nitrogens is 1. The van der Waals surface area contributed by atoms with Crippen molar-refractivity contribution >= 4 is 32.6 Å². The van der Waals surface area contributed by atoms with Gasteiger partial charge < -0.3 is 14.4 Å². The third-order valence-electron chi connectivity index (χ3n) is 3.51. The molecule has 24 heavy (non-hydrogen) atoms. The second kappa shape index (κ2) is 7.14. The fourth-order valence-electron chi connectivity index (χ4n) is 2.23. The Labute approximate surface area is 143 Å². The number of nitrogens with zero attached hydrogens (tertiary/aromatic N) is 2. The van der Waals surface area contributed by atoms with Crippen LogP contribution in [0.4, 0.5) is 9.52 Å². The van der Waals surface area contributed by atoms with Crippen LogP contribution in [0.3, 0.4) is 0 Å². The smallest absolute Gasteiger partial charge is 0.298 e. The molecule has 1 aliphatic heterocycles. The van der Waals surface area contributed by atoms with Crippen LogP contribution < -0.4 is 9.80 Å². The molecule has 1 aliphatic rings. The van der Waals surface area contributed by atoms with Gasteiger partial charge in [-0.05, 0) is 18.2 Å². The molecule has 2 heterocycles. The van der Waals surface area contributed by atoms with E-state index in [1.165, 1.54) is 34.6 Å². The Hall–Kier alpha value is -2.19. The van der Waals surface area contributed by atoms with Gasteiger partial charge in [-0.15, -0.1) is 0 Å². The predicted octanol–water partition coefficient (Wildman–Crippen LogP) is 0.801. The van der Waals surface area contributed by atoms with Crippen LogP contribution in [-0.2, 0) is 14.3 Å². The van der Waals surface area contributed by atoms with Crippen molar-refractivity contribution in [3.05, 3.63) is 36.0 Å². The number of carbonyl (C=O) groups is 1. The molecule has 0 atom stereocenters. The van der Waals surface area contributed by atoms with E-state index in [-0.39, 0.29) is 17.5 Å². The molecule has 0 saturated carbocycles. The van der Waals surface area contributed by atoms with Crippen molar-refractivity contribution < 1.29 is 23.6 Å². The minimum absolute atomic E-state index is 0.167. The number of carbonyl (C=O) groups excluding carboxylic acids is 1. The SMILES string of the molecule is C[NH+](C)CCN(C(=O)C1=COCCO1)c1nc2ccc(F)cc2s1. The highest BCUT2D eigenvalue weighted by Crippen LogP contribution is 2.30. The Bertz CT molecular complexity index is 775. The summed E-state index contributed by atoms with van der Waals surface area (Å²) in [6.45, 7) is 1.99. The summed E-state index contributed by atoms with van der Waals surface area (Å²) in [5.74, 6) is -0.448. The lowest BCUT2D eigenvalue weighted by molar-refractivity contribution is -0.856. The number of hydrogen-bond donors (Lipinski definition) is 1. The molecule has 0 unspecified atom stereocenters. The van der Waals surface area contributed by atoms with E-state index >= 15 is 0 Å². The predicted molar refractivity (Wildman–Crippen MR) is 89.6 cm³/mol. The first-order valence-corrected chi connectivity index (χ1v) is 8.48. The number of nitrogens with one attached hydrogen (secondary N) is 1. The molecule has 1 aromatic heterocycles. The van der Waals surface area contributed by atoms with Crippen LogP contribution in [-0.4, -0.2) is 51.3 Å². The summed E-state index contributed by atoms with van der Waals surface area (Å²) in [5, 5.41) is 0.525. The highest BCUT2D eigenvalue weighted by Gasteiger charge is 2.26. The Balaban J connectivity index is 1.92. The average Bonchev–Trinajstić information content (AvgIpc) is 2.98. The zero-order valence-electron chi connectivity index (χ0n) is 13.5. The molecule has 0 aliphatic carbocycles. The lowest BCUT2D eigenvalue weighted by Crippen LogP contribution is -3.06. The fourth-order valence-corrected chi connectivity index (χ4v) is 3.25. The summed E-state index contributed by atoms with van der Waals surface area (Å²) in [7, 11) is 4.02. The topological polar surface area (TPSA) is 56.1 Å². The molecule has 1 N–H and O–H groups in total. The summed E-state index contributed by atoms with van der Waals surface area (Å²) < 4.78 is 24.7. The minimum Gasteiger partial charge on any atom is -0.494 e. The van der Waals surface area contributed by atoms with Crippen molar-refractivity contribution in [2.75, 3.05) is 45.3 Å². The monoisotopic (exact) mass is 352 g/mol. The molecule has 6 nitrogen and oxygen atoms in total. The van der Waals surface area contributed by atoms with Crippen LogP contribution in [0.25, 0.3) is 10.2 Å². The maximum absolute atomic E-state index is 13.4. The van der Waals surface area contributed by atoms with Gasteiger partial charge in [-0.2, -0.15) is 0 Å². The molecule has 0 spiro atoms. The van der Waals surface area contributed by atoms with Gasteiger partial charge in [0.15, 0.2) is 5.13 Å². The van der Waals surface area contributed by atoms with E-state index in [9.17, 15) is 9.18 Å². The Morgan fingerprint density at radius 2 is 2.25 bits per heavy atom. The number of likely N-dealkylation sites (N-methyl/N-ethyl adjacent to an activating group) is 1. The largest absolute Gasteiger partial charge is 0.494 e. The van der Waals surface area contributed by atoms with Crippen molar-refractivity contribution in [3.8, 4) is 0 Å². The molecule has 3 rings (SSSR count). The number of fused-ring (bicyclic) bond motifs is 1. The summed E-state index contributed by atoms with van der Waals surface area (Å²) in [6, 6.07) is 4.41. The summed E-state index contributed by atoms with van der Waals surface area (Å²) in [6.07, 6.45) is 1.34. The Kier molecular flexibility index (Phi) is 4.96. The number of aromatic nitrogens is 1. The lowest BCUT2D eigenvalue weighted by Gasteiger charge is -2.23. The van der Waals surface area contributed by atoms with Gasteiger partial charge in [-0.25, -0.2) is 9.37 Å². The van der Waals surface area contributed by atoms with Crippen LogP contribution >= 0.6 is 11.3 Å². The van der Waals surface area contributed by atoms with E-state index in [4.69, 9.17) is 9.47 Å². The van der Waals surface area contributed by atoms with Crippen molar-refractivity contribution in [2.24, 2.45) is 0 Å². The summed E-state index contributed by atoms with van der Waals surface area (Å²) >= 11 is 1.28. The van der Waals surface area contributed by atoms with Crippen molar-refractivity contribution in [2.45, 2.75) is 0 Å². The molecule has 0 saturated heterocycles. The maximum Gasteiger partial charge on any atom is 0.298 e. The number of benzene rings is 1. The molecule has 0 bridgehead atoms. The van der Waals surface area contributed by atoms with Gasteiger partial charge >= 0.3 is 0 Å². The molecule has 0 fully saturated rings. The molecule has 8 heteroatoms. The second-order valence-corrected chi connectivity index (χ2v) is 6.73. The molecular formula is C16H19FN3O3S+. The van der Waals surface area contributed by atoms with E-state index in [0.29, 0.717) is 35.1 Å². The fraction of sp³-hybridized carbons (Fsp3) is 0.375. The van der Waals surface area contributed by atoms with E-state index in [2.05, 4.69) is 4.98 Å². The third-order valence-corrected chi connectivity index (χ3v) is 4.55. The van der Waals surface area contributed by atoms with Crippen LogP contribution in [0.1, 0.15) is 0 Å². The highest BCUT2D eigenvalue weighted by molar-refractivity contribution is 7.22. The Morgan fingerprint density at radius 1 is 1.42 bits per heavy atom. The number of amides is 1. The van der Waals surface area contributed by atoms with Gasteiger partial charge in [0, 0.05) is 0 Å². The first-order chi connectivity index (χ1) is 11.5. The molecule has 128 valence electrons. The second-order valence-electron chi connectivity index (χ2n) is 5.72. The zero-order chi connectivity index (χ0) is 17.1. The number of anilines is 1. The van der Waals surface area contributed by atoms with Gasteiger partial charge in [0.1, 0.15) is 25.3 Å².